The molecule has 148 valence electrons. The maximum absolute atomic E-state index is 5.43. The lowest BCUT2D eigenvalue weighted by Gasteiger charge is -2.28. The zero-order valence-electron chi connectivity index (χ0n) is 16.3. The van der Waals surface area contributed by atoms with Gasteiger partial charge in [0.25, 0.3) is 0 Å². The quantitative estimate of drug-likeness (QED) is 0.440. The Kier molecular flexibility index (Phi) is 7.22. The molecule has 6 nitrogen and oxygen atoms in total. The van der Waals surface area contributed by atoms with E-state index in [1.165, 1.54) is 5.69 Å². The summed E-state index contributed by atoms with van der Waals surface area (Å²) >= 11 is 5.32. The molecule has 0 spiro atoms. The summed E-state index contributed by atoms with van der Waals surface area (Å²) in [5.74, 6) is 0.835. The van der Waals surface area contributed by atoms with Gasteiger partial charge in [0.15, 0.2) is 5.11 Å². The number of hydrogen-bond acceptors (Lipinski definition) is 5. The molecule has 0 aliphatic carbocycles. The minimum absolute atomic E-state index is 0.438. The second kappa shape index (κ2) is 10.1. The fraction of sp³-hybridized carbons (Fsp3) is 0.333. The summed E-state index contributed by atoms with van der Waals surface area (Å²) in [6.45, 7) is 7.99. The number of anilines is 2. The first kappa shape index (κ1) is 20.1. The maximum Gasteiger partial charge on any atom is 0.191 e. The van der Waals surface area contributed by atoms with Crippen LogP contribution in [-0.4, -0.2) is 43.7 Å². The molecule has 1 aliphatic heterocycles. The highest BCUT2D eigenvalue weighted by molar-refractivity contribution is 7.80. The monoisotopic (exact) mass is 398 g/mol. The summed E-state index contributed by atoms with van der Waals surface area (Å²) < 4.78 is 10.8. The number of hydrazone groups is 1. The van der Waals surface area contributed by atoms with Gasteiger partial charge in [0, 0.05) is 24.5 Å². The Hall–Kier alpha value is -2.64. The van der Waals surface area contributed by atoms with Gasteiger partial charge in [-0.25, -0.2) is 0 Å². The van der Waals surface area contributed by atoms with Gasteiger partial charge >= 0.3 is 0 Å². The second-order valence-corrected chi connectivity index (χ2v) is 6.78. The van der Waals surface area contributed by atoms with E-state index in [-0.39, 0.29) is 0 Å². The van der Waals surface area contributed by atoms with Gasteiger partial charge in [0.05, 0.1) is 25.5 Å². The summed E-state index contributed by atoms with van der Waals surface area (Å²) in [6.07, 6.45) is 0. The number of benzene rings is 2. The Balaban J connectivity index is 1.53. The van der Waals surface area contributed by atoms with E-state index in [2.05, 4.69) is 45.0 Å². The lowest BCUT2D eigenvalue weighted by molar-refractivity contribution is 0.122. The maximum atomic E-state index is 5.43. The lowest BCUT2D eigenvalue weighted by Crippen LogP contribution is -2.36. The Morgan fingerprint density at radius 1 is 1.11 bits per heavy atom. The fourth-order valence-electron chi connectivity index (χ4n) is 2.89. The molecular weight excluding hydrogens is 372 g/mol. The number of morpholine rings is 1. The number of rotatable bonds is 6. The van der Waals surface area contributed by atoms with Gasteiger partial charge < -0.3 is 19.7 Å². The van der Waals surface area contributed by atoms with Crippen LogP contribution in [0, 0.1) is 0 Å². The normalized spacial score (nSPS) is 14.5. The Morgan fingerprint density at radius 2 is 1.79 bits per heavy atom. The SMILES string of the molecule is CCOc1ccc(NC(=S)N/N=C(/C)c2ccc(N3CCOCC3)cc2)cc1. The van der Waals surface area contributed by atoms with Crippen molar-refractivity contribution in [1.29, 1.82) is 0 Å². The van der Waals surface area contributed by atoms with Crippen molar-refractivity contribution in [1.82, 2.24) is 5.43 Å². The highest BCUT2D eigenvalue weighted by Crippen LogP contribution is 2.17. The second-order valence-electron chi connectivity index (χ2n) is 6.37. The summed E-state index contributed by atoms with van der Waals surface area (Å²) in [5.41, 5.74) is 6.90. The van der Waals surface area contributed by atoms with Crippen molar-refractivity contribution in [3.8, 4) is 5.75 Å². The molecule has 7 heteroatoms. The minimum atomic E-state index is 0.438. The van der Waals surface area contributed by atoms with E-state index in [9.17, 15) is 0 Å². The molecular formula is C21H26N4O2S. The number of ether oxygens (including phenoxy) is 2. The first-order valence-electron chi connectivity index (χ1n) is 9.43. The zero-order valence-corrected chi connectivity index (χ0v) is 17.1. The van der Waals surface area contributed by atoms with Crippen LogP contribution in [0.25, 0.3) is 0 Å². The van der Waals surface area contributed by atoms with Crippen LogP contribution in [0.3, 0.4) is 0 Å². The molecule has 3 rings (SSSR count). The van der Waals surface area contributed by atoms with Crippen LogP contribution < -0.4 is 20.4 Å². The molecule has 1 saturated heterocycles. The predicted octanol–water partition coefficient (Wildman–Crippen LogP) is 3.63. The van der Waals surface area contributed by atoms with Gasteiger partial charge in [-0.15, -0.1) is 0 Å². The molecule has 0 bridgehead atoms. The molecule has 2 aromatic rings. The molecule has 0 saturated carbocycles. The molecule has 2 N–H and O–H groups in total. The van der Waals surface area contributed by atoms with Gasteiger partial charge in [0.1, 0.15) is 5.75 Å². The minimum Gasteiger partial charge on any atom is -0.494 e. The van der Waals surface area contributed by atoms with Crippen molar-refractivity contribution >= 4 is 34.4 Å². The first-order valence-corrected chi connectivity index (χ1v) is 9.84. The van der Waals surface area contributed by atoms with Gasteiger partial charge in [0.2, 0.25) is 0 Å². The smallest absolute Gasteiger partial charge is 0.191 e. The van der Waals surface area contributed by atoms with Crippen LogP contribution in [0.5, 0.6) is 5.75 Å². The van der Waals surface area contributed by atoms with Crippen LogP contribution in [0.1, 0.15) is 19.4 Å². The molecule has 1 aliphatic rings. The number of nitrogens with zero attached hydrogens (tertiary/aromatic N) is 2. The average molecular weight is 399 g/mol. The third-order valence-electron chi connectivity index (χ3n) is 4.41. The van der Waals surface area contributed by atoms with Gasteiger partial charge in [-0.2, -0.15) is 5.10 Å². The van der Waals surface area contributed by atoms with Crippen molar-refractivity contribution in [2.75, 3.05) is 43.1 Å². The van der Waals surface area contributed by atoms with Gasteiger partial charge in [-0.1, -0.05) is 12.1 Å². The van der Waals surface area contributed by atoms with Gasteiger partial charge in [-0.05, 0) is 68.0 Å². The molecule has 0 amide bonds. The van der Waals surface area contributed by atoms with E-state index in [0.717, 1.165) is 49.0 Å². The third kappa shape index (κ3) is 5.68. The number of nitrogens with one attached hydrogen (secondary N) is 2. The third-order valence-corrected chi connectivity index (χ3v) is 4.60. The Morgan fingerprint density at radius 3 is 2.43 bits per heavy atom. The van der Waals surface area contributed by atoms with E-state index >= 15 is 0 Å². The van der Waals surface area contributed by atoms with Crippen molar-refractivity contribution in [3.05, 3.63) is 54.1 Å². The highest BCUT2D eigenvalue weighted by atomic mass is 32.1. The predicted molar refractivity (Wildman–Crippen MR) is 119 cm³/mol. The molecule has 1 fully saturated rings. The van der Waals surface area contributed by atoms with Gasteiger partial charge in [-0.3, -0.25) is 5.43 Å². The average Bonchev–Trinajstić information content (AvgIpc) is 2.74. The van der Waals surface area contributed by atoms with Crippen LogP contribution in [0.15, 0.2) is 53.6 Å². The van der Waals surface area contributed by atoms with E-state index in [1.807, 2.05) is 38.1 Å². The Bertz CT molecular complexity index is 800. The molecule has 0 unspecified atom stereocenters. The van der Waals surface area contributed by atoms with Crippen molar-refractivity contribution in [3.63, 3.8) is 0 Å². The van der Waals surface area contributed by atoms with Crippen molar-refractivity contribution < 1.29 is 9.47 Å². The standard InChI is InChI=1S/C21H26N4O2S/c1-3-27-20-10-6-18(7-11-20)22-21(28)24-23-16(2)17-4-8-19(9-5-17)25-12-14-26-15-13-25/h4-11H,3,12-15H2,1-2H3,(H2,22,24,28)/b23-16-. The zero-order chi connectivity index (χ0) is 19.8. The first-order chi connectivity index (χ1) is 13.7. The Labute approximate surface area is 171 Å². The van der Waals surface area contributed by atoms with Crippen LogP contribution in [-0.2, 0) is 4.74 Å². The summed E-state index contributed by atoms with van der Waals surface area (Å²) in [5, 5.41) is 7.93. The highest BCUT2D eigenvalue weighted by Gasteiger charge is 2.11. The topological polar surface area (TPSA) is 58.1 Å². The van der Waals surface area contributed by atoms with Crippen molar-refractivity contribution in [2.24, 2.45) is 5.10 Å². The van der Waals surface area contributed by atoms with Crippen LogP contribution in [0.2, 0.25) is 0 Å². The molecule has 28 heavy (non-hydrogen) atoms. The lowest BCUT2D eigenvalue weighted by atomic mass is 10.1. The molecule has 1 heterocycles. The number of thiocarbonyl (C=S) groups is 1. The summed E-state index contributed by atoms with van der Waals surface area (Å²) in [4.78, 5) is 2.33. The molecule has 2 aromatic carbocycles. The van der Waals surface area contributed by atoms with E-state index in [1.54, 1.807) is 0 Å². The molecule has 0 atom stereocenters. The van der Waals surface area contributed by atoms with E-state index in [4.69, 9.17) is 21.7 Å². The summed E-state index contributed by atoms with van der Waals surface area (Å²) in [6, 6.07) is 16.0. The fourth-order valence-corrected chi connectivity index (χ4v) is 3.06. The molecule has 0 aromatic heterocycles. The van der Waals surface area contributed by atoms with Crippen molar-refractivity contribution in [2.45, 2.75) is 13.8 Å². The summed E-state index contributed by atoms with van der Waals surface area (Å²) in [7, 11) is 0. The van der Waals surface area contributed by atoms with E-state index in [0.29, 0.717) is 11.7 Å². The van der Waals surface area contributed by atoms with Crippen LogP contribution in [0.4, 0.5) is 11.4 Å². The largest absolute Gasteiger partial charge is 0.494 e. The molecule has 0 radical (unpaired) electrons. The number of hydrogen-bond donors (Lipinski definition) is 2. The van der Waals surface area contributed by atoms with E-state index < -0.39 is 0 Å². The van der Waals surface area contributed by atoms with Crippen LogP contribution >= 0.6 is 12.2 Å².